The third-order valence-corrected chi connectivity index (χ3v) is 6.21. The fourth-order valence-corrected chi connectivity index (χ4v) is 4.14. The molecule has 1 aromatic carbocycles. The lowest BCUT2D eigenvalue weighted by Gasteiger charge is -2.28. The van der Waals surface area contributed by atoms with Gasteiger partial charge in [0.05, 0.1) is 32.7 Å². The average molecular weight is 567 g/mol. The number of nitrogens with zero attached hydrogens (tertiary/aromatic N) is 3. The van der Waals surface area contributed by atoms with Gasteiger partial charge in [-0.1, -0.05) is 30.3 Å². The number of carboxylic acids is 4. The van der Waals surface area contributed by atoms with E-state index in [1.54, 1.807) is 0 Å². The maximum Gasteiger partial charge on any atom is 0.317 e. The Morgan fingerprint density at radius 1 is 0.700 bits per heavy atom. The van der Waals surface area contributed by atoms with Gasteiger partial charge in [0.15, 0.2) is 0 Å². The summed E-state index contributed by atoms with van der Waals surface area (Å²) in [5, 5.41) is 36.2. The lowest BCUT2D eigenvalue weighted by Crippen LogP contribution is -2.54. The predicted molar refractivity (Wildman–Crippen MR) is 137 cm³/mol. The molecule has 0 heterocycles. The SMILES string of the molecule is NC1(C(=O)NNC(=O)CN(CCN(CC(=O)O)CC(=O)O)CCN(CC(=O)O)CC(=O)O)CC1c1ccccc1. The maximum absolute atomic E-state index is 12.6. The van der Waals surface area contributed by atoms with E-state index in [-0.39, 0.29) is 38.6 Å². The monoisotopic (exact) mass is 566 g/mol. The third-order valence-electron chi connectivity index (χ3n) is 6.21. The molecular formula is C24H34N6O10. The normalized spacial score (nSPS) is 17.9. The van der Waals surface area contributed by atoms with Crippen LogP contribution in [0.5, 0.6) is 0 Å². The second kappa shape index (κ2) is 14.9. The van der Waals surface area contributed by atoms with Gasteiger partial charge in [-0.2, -0.15) is 0 Å². The summed E-state index contributed by atoms with van der Waals surface area (Å²) < 4.78 is 0. The van der Waals surface area contributed by atoms with E-state index in [4.69, 9.17) is 26.2 Å². The van der Waals surface area contributed by atoms with Crippen LogP contribution in [-0.4, -0.2) is 135 Å². The molecule has 1 aromatic rings. The van der Waals surface area contributed by atoms with Crippen molar-refractivity contribution in [3.05, 3.63) is 35.9 Å². The van der Waals surface area contributed by atoms with E-state index in [9.17, 15) is 28.8 Å². The van der Waals surface area contributed by atoms with Gasteiger partial charge in [-0.25, -0.2) is 0 Å². The van der Waals surface area contributed by atoms with Crippen LogP contribution in [0.1, 0.15) is 17.9 Å². The molecule has 2 rings (SSSR count). The van der Waals surface area contributed by atoms with Crippen molar-refractivity contribution in [3.8, 4) is 0 Å². The molecule has 40 heavy (non-hydrogen) atoms. The topological polar surface area (TPSA) is 243 Å². The molecule has 0 aliphatic heterocycles. The number of rotatable bonds is 18. The van der Waals surface area contributed by atoms with E-state index in [0.29, 0.717) is 6.42 Å². The van der Waals surface area contributed by atoms with Crippen LogP contribution in [0, 0.1) is 0 Å². The van der Waals surface area contributed by atoms with Crippen LogP contribution in [0.25, 0.3) is 0 Å². The number of carbonyl (C=O) groups excluding carboxylic acids is 2. The second-order valence-corrected chi connectivity index (χ2v) is 9.48. The van der Waals surface area contributed by atoms with Gasteiger partial charge in [0.1, 0.15) is 5.54 Å². The van der Waals surface area contributed by atoms with Gasteiger partial charge in [0, 0.05) is 32.1 Å². The summed E-state index contributed by atoms with van der Waals surface area (Å²) in [6.07, 6.45) is 0.386. The van der Waals surface area contributed by atoms with E-state index in [0.717, 1.165) is 15.4 Å². The van der Waals surface area contributed by atoms with Gasteiger partial charge in [-0.3, -0.25) is 54.3 Å². The van der Waals surface area contributed by atoms with Gasteiger partial charge in [0.2, 0.25) is 0 Å². The number of aliphatic carboxylic acids is 4. The van der Waals surface area contributed by atoms with Crippen molar-refractivity contribution in [1.82, 2.24) is 25.6 Å². The van der Waals surface area contributed by atoms with Crippen LogP contribution >= 0.6 is 0 Å². The van der Waals surface area contributed by atoms with Crippen LogP contribution in [0.3, 0.4) is 0 Å². The Hall–Kier alpha value is -4.12. The Kier molecular flexibility index (Phi) is 11.9. The van der Waals surface area contributed by atoms with E-state index in [2.05, 4.69) is 10.9 Å². The highest BCUT2D eigenvalue weighted by molar-refractivity contribution is 5.93. The number of amides is 2. The van der Waals surface area contributed by atoms with Crippen LogP contribution in [0.4, 0.5) is 0 Å². The summed E-state index contributed by atoms with van der Waals surface area (Å²) in [4.78, 5) is 73.4. The first-order valence-electron chi connectivity index (χ1n) is 12.3. The number of hydrazine groups is 1. The zero-order chi connectivity index (χ0) is 29.9. The fourth-order valence-electron chi connectivity index (χ4n) is 4.14. The Labute approximate surface area is 229 Å². The van der Waals surface area contributed by atoms with Crippen molar-refractivity contribution in [2.45, 2.75) is 17.9 Å². The Morgan fingerprint density at radius 3 is 1.55 bits per heavy atom. The van der Waals surface area contributed by atoms with Gasteiger partial charge >= 0.3 is 23.9 Å². The Morgan fingerprint density at radius 2 is 1.12 bits per heavy atom. The van der Waals surface area contributed by atoms with E-state index in [1.807, 2.05) is 30.3 Å². The number of nitrogens with one attached hydrogen (secondary N) is 2. The molecule has 0 saturated heterocycles. The Bertz CT molecular complexity index is 1020. The lowest BCUT2D eigenvalue weighted by molar-refractivity contribution is -0.143. The molecule has 1 saturated carbocycles. The minimum atomic E-state index is -1.26. The molecule has 2 unspecified atom stereocenters. The molecule has 2 atom stereocenters. The molecule has 1 fully saturated rings. The molecule has 8 N–H and O–H groups in total. The fraction of sp³-hybridized carbons (Fsp3) is 0.500. The smallest absolute Gasteiger partial charge is 0.317 e. The molecule has 0 spiro atoms. The van der Waals surface area contributed by atoms with Gasteiger partial charge in [0.25, 0.3) is 11.8 Å². The summed E-state index contributed by atoms with van der Waals surface area (Å²) in [5.41, 5.74) is 10.5. The van der Waals surface area contributed by atoms with Gasteiger partial charge in [-0.15, -0.1) is 0 Å². The molecule has 16 heteroatoms. The standard InChI is InChI=1S/C24H34N6O10/c25-24(10-17(24)16-4-2-1-3-5-16)23(40)27-26-18(31)11-28(6-8-29(12-19(32)33)13-20(34)35)7-9-30(14-21(36)37)15-22(38)39/h1-5,17H,6-15,25H2,(H,26,31)(H,27,40)(H,32,33)(H,34,35)(H,36,37)(H,38,39). The van der Waals surface area contributed by atoms with Gasteiger partial charge in [-0.05, 0) is 12.0 Å². The summed E-state index contributed by atoms with van der Waals surface area (Å²) in [6, 6.07) is 9.17. The molecule has 1 aliphatic carbocycles. The van der Waals surface area contributed by atoms with Crippen molar-refractivity contribution in [1.29, 1.82) is 0 Å². The molecule has 0 aromatic heterocycles. The summed E-state index contributed by atoms with van der Waals surface area (Å²) in [5.74, 6) is -6.52. The number of carbonyl (C=O) groups is 6. The third kappa shape index (κ3) is 10.9. The summed E-state index contributed by atoms with van der Waals surface area (Å²) in [6.45, 7) is -2.87. The highest BCUT2D eigenvalue weighted by Crippen LogP contribution is 2.49. The lowest BCUT2D eigenvalue weighted by atomic mass is 10.1. The van der Waals surface area contributed by atoms with E-state index >= 15 is 0 Å². The number of nitrogens with two attached hydrogens (primary N) is 1. The Balaban J connectivity index is 2.00. The van der Waals surface area contributed by atoms with E-state index < -0.39 is 67.4 Å². The quantitative estimate of drug-likeness (QED) is 0.0892. The van der Waals surface area contributed by atoms with Gasteiger partial charge < -0.3 is 26.2 Å². The first kappa shape index (κ1) is 32.1. The van der Waals surface area contributed by atoms with Crippen molar-refractivity contribution >= 4 is 35.7 Å². The zero-order valence-corrected chi connectivity index (χ0v) is 21.7. The van der Waals surface area contributed by atoms with Crippen LogP contribution in [0.15, 0.2) is 30.3 Å². The first-order valence-corrected chi connectivity index (χ1v) is 12.3. The van der Waals surface area contributed by atoms with Crippen molar-refractivity contribution in [2.75, 3.05) is 58.9 Å². The number of benzene rings is 1. The molecule has 0 bridgehead atoms. The first-order chi connectivity index (χ1) is 18.8. The van der Waals surface area contributed by atoms with Crippen LogP contribution < -0.4 is 16.6 Å². The molecule has 16 nitrogen and oxygen atoms in total. The summed E-state index contributed by atoms with van der Waals surface area (Å²) >= 11 is 0. The van der Waals surface area contributed by atoms with Crippen LogP contribution in [0.2, 0.25) is 0 Å². The number of hydrogen-bond acceptors (Lipinski definition) is 10. The maximum atomic E-state index is 12.6. The highest BCUT2D eigenvalue weighted by Gasteiger charge is 2.57. The zero-order valence-electron chi connectivity index (χ0n) is 21.7. The molecule has 0 radical (unpaired) electrons. The number of carboxylic acid groups (broad SMARTS) is 4. The molecular weight excluding hydrogens is 532 g/mol. The van der Waals surface area contributed by atoms with E-state index in [1.165, 1.54) is 4.90 Å². The minimum absolute atomic E-state index is 0.0210. The largest absolute Gasteiger partial charge is 0.480 e. The predicted octanol–water partition coefficient (Wildman–Crippen LogP) is -2.74. The molecule has 2 amide bonds. The van der Waals surface area contributed by atoms with Crippen molar-refractivity contribution < 1.29 is 49.2 Å². The van der Waals surface area contributed by atoms with Crippen molar-refractivity contribution in [3.63, 3.8) is 0 Å². The molecule has 1 aliphatic rings. The molecule has 220 valence electrons. The average Bonchev–Trinajstić information content (AvgIpc) is 3.55. The van der Waals surface area contributed by atoms with Crippen molar-refractivity contribution in [2.24, 2.45) is 5.73 Å². The highest BCUT2D eigenvalue weighted by atomic mass is 16.4. The second-order valence-electron chi connectivity index (χ2n) is 9.48. The summed E-state index contributed by atoms with van der Waals surface area (Å²) in [7, 11) is 0. The van der Waals surface area contributed by atoms with Crippen LogP contribution in [-0.2, 0) is 28.8 Å². The minimum Gasteiger partial charge on any atom is -0.480 e. The number of hydrogen-bond donors (Lipinski definition) is 7.